The maximum Gasteiger partial charge on any atom is 0.248 e. The van der Waals surface area contributed by atoms with Crippen LogP contribution in [0.5, 0.6) is 0 Å². The first-order valence-electron chi connectivity index (χ1n) is 9.07. The van der Waals surface area contributed by atoms with Crippen LogP contribution < -0.4 is 11.5 Å². The number of nitrogens with zero attached hydrogens (tertiary/aromatic N) is 2. The summed E-state index contributed by atoms with van der Waals surface area (Å²) < 4.78 is 24.5. The lowest BCUT2D eigenvalue weighted by Gasteiger charge is -2.08. The van der Waals surface area contributed by atoms with E-state index in [-0.39, 0.29) is 16.4 Å². The van der Waals surface area contributed by atoms with E-state index in [0.717, 1.165) is 0 Å². The summed E-state index contributed by atoms with van der Waals surface area (Å²) >= 11 is 0. The average Bonchev–Trinajstić information content (AvgIpc) is 2.73. The molecule has 0 bridgehead atoms. The van der Waals surface area contributed by atoms with Gasteiger partial charge in [-0.15, -0.1) is 0 Å². The Kier molecular flexibility index (Phi) is 5.85. The number of amides is 1. The maximum atomic E-state index is 12.3. The lowest BCUT2D eigenvalue weighted by atomic mass is 10.1. The van der Waals surface area contributed by atoms with Crippen LogP contribution in [0.1, 0.15) is 35.5 Å². The van der Waals surface area contributed by atoms with E-state index >= 15 is 0 Å². The Labute approximate surface area is 175 Å². The minimum atomic E-state index is -3.35. The minimum Gasteiger partial charge on any atom is -0.381 e. The largest absolute Gasteiger partial charge is 0.381 e. The summed E-state index contributed by atoms with van der Waals surface area (Å²) in [7, 11) is -3.35. The molecule has 7 nitrogen and oxygen atoms in total. The van der Waals surface area contributed by atoms with Gasteiger partial charge in [0.25, 0.3) is 0 Å². The van der Waals surface area contributed by atoms with Crippen molar-refractivity contribution in [1.82, 2.24) is 9.97 Å². The van der Waals surface area contributed by atoms with Crippen LogP contribution in [0.2, 0.25) is 0 Å². The van der Waals surface area contributed by atoms with E-state index in [4.69, 9.17) is 11.5 Å². The predicted molar refractivity (Wildman–Crippen MR) is 115 cm³/mol. The van der Waals surface area contributed by atoms with Gasteiger partial charge in [0.15, 0.2) is 21.3 Å². The van der Waals surface area contributed by atoms with Crippen LogP contribution in [-0.4, -0.2) is 29.5 Å². The highest BCUT2D eigenvalue weighted by atomic mass is 32.2. The summed E-state index contributed by atoms with van der Waals surface area (Å²) in [6, 6.07) is 13.0. The molecule has 3 rings (SSSR count). The van der Waals surface area contributed by atoms with Gasteiger partial charge in [-0.1, -0.05) is 24.1 Å². The third-order valence-corrected chi connectivity index (χ3v) is 6.54. The summed E-state index contributed by atoms with van der Waals surface area (Å²) in [6.45, 7) is 3.28. The summed E-state index contributed by atoms with van der Waals surface area (Å²) in [4.78, 5) is 20.1. The SMILES string of the molecule is CC(C)S(=O)(=O)c1ccc(-c2cnc(N)c(C#Cc3cccc(C(N)=O)c3)n2)cc1. The van der Waals surface area contributed by atoms with Crippen molar-refractivity contribution in [2.24, 2.45) is 5.73 Å². The molecule has 0 fully saturated rings. The first-order chi connectivity index (χ1) is 14.2. The monoisotopic (exact) mass is 420 g/mol. The van der Waals surface area contributed by atoms with Crippen LogP contribution in [0.25, 0.3) is 11.3 Å². The molecular weight excluding hydrogens is 400 g/mol. The Morgan fingerprint density at radius 1 is 1.07 bits per heavy atom. The van der Waals surface area contributed by atoms with E-state index in [1.165, 1.54) is 6.20 Å². The van der Waals surface area contributed by atoms with Crippen molar-refractivity contribution in [2.75, 3.05) is 5.73 Å². The molecule has 2 aromatic carbocycles. The molecule has 3 aromatic rings. The fourth-order valence-corrected chi connectivity index (χ4v) is 3.66. The van der Waals surface area contributed by atoms with E-state index < -0.39 is 21.0 Å². The first kappa shape index (κ1) is 21.0. The minimum absolute atomic E-state index is 0.163. The van der Waals surface area contributed by atoms with Gasteiger partial charge in [0.05, 0.1) is 22.0 Å². The third kappa shape index (κ3) is 4.47. The summed E-state index contributed by atoms with van der Waals surface area (Å²) in [6.07, 6.45) is 1.50. The Morgan fingerprint density at radius 3 is 2.40 bits per heavy atom. The van der Waals surface area contributed by atoms with Gasteiger partial charge in [0, 0.05) is 16.7 Å². The normalized spacial score (nSPS) is 11.0. The van der Waals surface area contributed by atoms with Crippen molar-refractivity contribution in [2.45, 2.75) is 24.0 Å². The molecule has 0 saturated heterocycles. The number of carbonyl (C=O) groups excluding carboxylic acids is 1. The Bertz CT molecular complexity index is 1270. The second-order valence-electron chi connectivity index (χ2n) is 6.80. The maximum absolute atomic E-state index is 12.3. The van der Waals surface area contributed by atoms with Crippen molar-refractivity contribution < 1.29 is 13.2 Å². The average molecular weight is 420 g/mol. The van der Waals surface area contributed by atoms with Crippen molar-refractivity contribution in [3.05, 3.63) is 71.5 Å². The Balaban J connectivity index is 1.93. The van der Waals surface area contributed by atoms with Crippen LogP contribution in [0.15, 0.2) is 59.6 Å². The fraction of sp³-hybridized carbons (Fsp3) is 0.136. The van der Waals surface area contributed by atoms with Crippen LogP contribution in [0.3, 0.4) is 0 Å². The highest BCUT2D eigenvalue weighted by Crippen LogP contribution is 2.22. The van der Waals surface area contributed by atoms with Crippen LogP contribution in [-0.2, 0) is 9.84 Å². The second kappa shape index (κ2) is 8.35. The molecule has 0 spiro atoms. The fourth-order valence-electron chi connectivity index (χ4n) is 2.60. The molecule has 4 N–H and O–H groups in total. The molecule has 0 aliphatic heterocycles. The lowest BCUT2D eigenvalue weighted by Crippen LogP contribution is -2.13. The number of sulfone groups is 1. The smallest absolute Gasteiger partial charge is 0.248 e. The van der Waals surface area contributed by atoms with Crippen molar-refractivity contribution >= 4 is 21.6 Å². The Morgan fingerprint density at radius 2 is 1.77 bits per heavy atom. The van der Waals surface area contributed by atoms with Gasteiger partial charge < -0.3 is 11.5 Å². The summed E-state index contributed by atoms with van der Waals surface area (Å²) in [5.74, 6) is 5.38. The van der Waals surface area contributed by atoms with E-state index in [1.54, 1.807) is 62.4 Å². The molecule has 8 heteroatoms. The van der Waals surface area contributed by atoms with Crippen LogP contribution in [0.4, 0.5) is 5.82 Å². The van der Waals surface area contributed by atoms with Gasteiger partial charge in [-0.25, -0.2) is 18.4 Å². The van der Waals surface area contributed by atoms with Crippen LogP contribution in [0, 0.1) is 11.8 Å². The van der Waals surface area contributed by atoms with Gasteiger partial charge in [0.1, 0.15) is 0 Å². The molecule has 30 heavy (non-hydrogen) atoms. The molecule has 0 radical (unpaired) electrons. The number of nitrogens with two attached hydrogens (primary N) is 2. The molecule has 1 heterocycles. The number of benzene rings is 2. The molecule has 152 valence electrons. The molecule has 1 aromatic heterocycles. The summed E-state index contributed by atoms with van der Waals surface area (Å²) in [5, 5.41) is -0.505. The van der Waals surface area contributed by atoms with Crippen LogP contribution >= 0.6 is 0 Å². The zero-order chi connectivity index (χ0) is 21.9. The second-order valence-corrected chi connectivity index (χ2v) is 9.31. The predicted octanol–water partition coefficient (Wildman–Crippen LogP) is 2.41. The molecule has 0 aliphatic carbocycles. The van der Waals surface area contributed by atoms with Gasteiger partial charge >= 0.3 is 0 Å². The van der Waals surface area contributed by atoms with Crippen molar-refractivity contribution in [3.63, 3.8) is 0 Å². The standard InChI is InChI=1S/C22H20N4O3S/c1-14(2)30(28,29)18-9-7-16(8-10-18)20-13-25-21(23)19(26-20)11-6-15-4-3-5-17(12-15)22(24)27/h3-5,7-10,12-14H,1-2H3,(H2,23,25)(H2,24,27). The number of anilines is 1. The third-order valence-electron chi connectivity index (χ3n) is 4.37. The highest BCUT2D eigenvalue weighted by molar-refractivity contribution is 7.92. The zero-order valence-corrected chi connectivity index (χ0v) is 17.3. The highest BCUT2D eigenvalue weighted by Gasteiger charge is 2.19. The summed E-state index contributed by atoms with van der Waals surface area (Å²) in [5.41, 5.74) is 13.6. The number of carbonyl (C=O) groups is 1. The molecule has 0 aliphatic rings. The number of primary amides is 1. The topological polar surface area (TPSA) is 129 Å². The quantitative estimate of drug-likeness (QED) is 0.624. The molecule has 0 unspecified atom stereocenters. The molecular formula is C22H20N4O3S. The van der Waals surface area contributed by atoms with Gasteiger partial charge in [-0.3, -0.25) is 4.79 Å². The van der Waals surface area contributed by atoms with E-state index in [2.05, 4.69) is 21.8 Å². The van der Waals surface area contributed by atoms with E-state index in [0.29, 0.717) is 22.4 Å². The van der Waals surface area contributed by atoms with Crippen molar-refractivity contribution in [1.29, 1.82) is 0 Å². The lowest BCUT2D eigenvalue weighted by molar-refractivity contribution is 0.1000. The number of nitrogen functional groups attached to an aromatic ring is 1. The molecule has 0 atom stereocenters. The molecule has 0 saturated carbocycles. The number of hydrogen-bond acceptors (Lipinski definition) is 6. The number of rotatable bonds is 4. The van der Waals surface area contributed by atoms with Crippen molar-refractivity contribution in [3.8, 4) is 23.1 Å². The zero-order valence-electron chi connectivity index (χ0n) is 16.5. The Hall–Kier alpha value is -3.70. The number of hydrogen-bond donors (Lipinski definition) is 2. The van der Waals surface area contributed by atoms with Gasteiger partial charge in [0.2, 0.25) is 5.91 Å². The van der Waals surface area contributed by atoms with Gasteiger partial charge in [-0.2, -0.15) is 0 Å². The van der Waals surface area contributed by atoms with E-state index in [1.807, 2.05) is 0 Å². The first-order valence-corrected chi connectivity index (χ1v) is 10.6. The van der Waals surface area contributed by atoms with E-state index in [9.17, 15) is 13.2 Å². The van der Waals surface area contributed by atoms with Gasteiger partial charge in [-0.05, 0) is 50.1 Å². The molecule has 1 amide bonds. The number of aromatic nitrogens is 2.